The van der Waals surface area contributed by atoms with E-state index in [-0.39, 0.29) is 24.2 Å². The third-order valence-corrected chi connectivity index (χ3v) is 4.86. The molecule has 0 radical (unpaired) electrons. The number of hydrogen-bond acceptors (Lipinski definition) is 3. The molecule has 1 aromatic rings. The van der Waals surface area contributed by atoms with Crippen LogP contribution in [0.2, 0.25) is 0 Å². The number of piperidine rings is 1. The van der Waals surface area contributed by atoms with E-state index in [2.05, 4.69) is 26.6 Å². The third kappa shape index (κ3) is 4.23. The van der Waals surface area contributed by atoms with Gasteiger partial charge in [0, 0.05) is 17.5 Å². The van der Waals surface area contributed by atoms with E-state index < -0.39 is 0 Å². The lowest BCUT2D eigenvalue weighted by Gasteiger charge is -2.25. The highest BCUT2D eigenvalue weighted by atomic mass is 79.9. The summed E-state index contributed by atoms with van der Waals surface area (Å²) < 4.78 is 1.08. The van der Waals surface area contributed by atoms with Crippen molar-refractivity contribution >= 4 is 45.6 Å². The van der Waals surface area contributed by atoms with Gasteiger partial charge in [0.05, 0.1) is 9.70 Å². The third-order valence-electron chi connectivity index (χ3n) is 3.06. The highest BCUT2D eigenvalue weighted by Gasteiger charge is 2.21. The summed E-state index contributed by atoms with van der Waals surface area (Å²) in [6.07, 6.45) is 2.23. The molecule has 2 N–H and O–H groups in total. The Morgan fingerprint density at radius 2 is 2.39 bits per heavy atom. The van der Waals surface area contributed by atoms with Crippen molar-refractivity contribution in [3.05, 3.63) is 20.8 Å². The number of hydrogen-bond donors (Lipinski definition) is 2. The summed E-state index contributed by atoms with van der Waals surface area (Å²) in [5, 5.41) is 6.42. The summed E-state index contributed by atoms with van der Waals surface area (Å²) in [6, 6.07) is 4.30. The zero-order valence-electron chi connectivity index (χ0n) is 10.2. The van der Waals surface area contributed by atoms with Crippen LogP contribution in [0.4, 0.5) is 0 Å². The SMILES string of the molecule is CC(C(=O)N[C@H]1CCCNC1)c1ccc(Br)s1.Cl. The summed E-state index contributed by atoms with van der Waals surface area (Å²) in [6.45, 7) is 3.93. The zero-order valence-corrected chi connectivity index (χ0v) is 13.5. The molecule has 0 spiro atoms. The standard InChI is InChI=1S/C12H17BrN2OS.ClH/c1-8(10-4-5-11(13)17-10)12(16)15-9-3-2-6-14-7-9;/h4-5,8-9,14H,2-3,6-7H2,1H3,(H,15,16);1H/t8?,9-;/m0./s1. The number of rotatable bonds is 3. The fourth-order valence-electron chi connectivity index (χ4n) is 1.99. The van der Waals surface area contributed by atoms with Gasteiger partial charge in [-0.1, -0.05) is 0 Å². The van der Waals surface area contributed by atoms with Crippen molar-refractivity contribution in [1.82, 2.24) is 10.6 Å². The summed E-state index contributed by atoms with van der Waals surface area (Å²) in [7, 11) is 0. The van der Waals surface area contributed by atoms with E-state index >= 15 is 0 Å². The molecule has 2 atom stereocenters. The molecule has 0 bridgehead atoms. The van der Waals surface area contributed by atoms with Crippen LogP contribution in [-0.2, 0) is 4.79 Å². The van der Waals surface area contributed by atoms with Gasteiger partial charge in [-0.25, -0.2) is 0 Å². The quantitative estimate of drug-likeness (QED) is 0.877. The maximum atomic E-state index is 12.1. The van der Waals surface area contributed by atoms with Gasteiger partial charge in [-0.05, 0) is 54.4 Å². The van der Waals surface area contributed by atoms with Crippen molar-refractivity contribution in [3.63, 3.8) is 0 Å². The van der Waals surface area contributed by atoms with Crippen LogP contribution in [0.3, 0.4) is 0 Å². The molecule has 18 heavy (non-hydrogen) atoms. The Morgan fingerprint density at radius 3 is 2.94 bits per heavy atom. The van der Waals surface area contributed by atoms with E-state index in [0.717, 1.165) is 34.6 Å². The van der Waals surface area contributed by atoms with Crippen LogP contribution in [0.25, 0.3) is 0 Å². The molecule has 1 aromatic heterocycles. The van der Waals surface area contributed by atoms with E-state index in [0.29, 0.717) is 6.04 Å². The smallest absolute Gasteiger partial charge is 0.228 e. The minimum atomic E-state index is -0.0618. The van der Waals surface area contributed by atoms with Gasteiger partial charge in [0.15, 0.2) is 0 Å². The second-order valence-electron chi connectivity index (χ2n) is 4.42. The number of carbonyl (C=O) groups is 1. The lowest BCUT2D eigenvalue weighted by atomic mass is 10.1. The first-order valence-electron chi connectivity index (χ1n) is 5.93. The average Bonchev–Trinajstić information content (AvgIpc) is 2.76. The molecule has 2 rings (SSSR count). The highest BCUT2D eigenvalue weighted by molar-refractivity contribution is 9.11. The number of nitrogens with one attached hydrogen (secondary N) is 2. The van der Waals surface area contributed by atoms with E-state index in [1.165, 1.54) is 0 Å². The molecule has 0 aliphatic carbocycles. The Hall–Kier alpha value is -0.100. The maximum Gasteiger partial charge on any atom is 0.228 e. The van der Waals surface area contributed by atoms with Gasteiger partial charge >= 0.3 is 0 Å². The summed E-state index contributed by atoms with van der Waals surface area (Å²) in [4.78, 5) is 13.2. The summed E-state index contributed by atoms with van der Waals surface area (Å²) in [5.41, 5.74) is 0. The first-order chi connectivity index (χ1) is 8.16. The van der Waals surface area contributed by atoms with Crippen molar-refractivity contribution in [2.45, 2.75) is 31.7 Å². The Balaban J connectivity index is 0.00000162. The normalized spacial score (nSPS) is 20.9. The predicted molar refractivity (Wildman–Crippen MR) is 81.7 cm³/mol. The Bertz CT molecular complexity index is 393. The van der Waals surface area contributed by atoms with E-state index in [9.17, 15) is 4.79 Å². The number of amides is 1. The van der Waals surface area contributed by atoms with Crippen LogP contribution in [0.1, 0.15) is 30.6 Å². The van der Waals surface area contributed by atoms with Gasteiger partial charge < -0.3 is 10.6 Å². The summed E-state index contributed by atoms with van der Waals surface area (Å²) >= 11 is 5.05. The van der Waals surface area contributed by atoms with Gasteiger partial charge in [-0.15, -0.1) is 23.7 Å². The van der Waals surface area contributed by atoms with Crippen LogP contribution in [0, 0.1) is 0 Å². The largest absolute Gasteiger partial charge is 0.352 e. The van der Waals surface area contributed by atoms with Crippen molar-refractivity contribution in [2.75, 3.05) is 13.1 Å². The minimum absolute atomic E-state index is 0. The van der Waals surface area contributed by atoms with Crippen molar-refractivity contribution in [2.24, 2.45) is 0 Å². The zero-order chi connectivity index (χ0) is 12.3. The fourth-order valence-corrected chi connectivity index (χ4v) is 3.47. The van der Waals surface area contributed by atoms with Gasteiger partial charge in [-0.3, -0.25) is 4.79 Å². The molecular formula is C12H18BrClN2OS. The van der Waals surface area contributed by atoms with Gasteiger partial charge in [0.2, 0.25) is 5.91 Å². The Morgan fingerprint density at radius 1 is 1.61 bits per heavy atom. The molecule has 1 aliphatic heterocycles. The van der Waals surface area contributed by atoms with E-state index in [4.69, 9.17) is 0 Å². The molecule has 1 aliphatic rings. The molecule has 2 heterocycles. The number of carbonyl (C=O) groups excluding carboxylic acids is 1. The van der Waals surface area contributed by atoms with E-state index in [1.54, 1.807) is 11.3 Å². The topological polar surface area (TPSA) is 41.1 Å². The summed E-state index contributed by atoms with van der Waals surface area (Å²) in [5.74, 6) is 0.0706. The molecular weight excluding hydrogens is 336 g/mol. The molecule has 1 unspecified atom stereocenters. The van der Waals surface area contributed by atoms with Gasteiger partial charge in [0.1, 0.15) is 0 Å². The lowest BCUT2D eigenvalue weighted by Crippen LogP contribution is -2.46. The van der Waals surface area contributed by atoms with Crippen LogP contribution in [0.15, 0.2) is 15.9 Å². The lowest BCUT2D eigenvalue weighted by molar-refractivity contribution is -0.122. The molecule has 0 aromatic carbocycles. The number of halogens is 2. The van der Waals surface area contributed by atoms with Crippen LogP contribution in [0.5, 0.6) is 0 Å². The maximum absolute atomic E-state index is 12.1. The van der Waals surface area contributed by atoms with Crippen molar-refractivity contribution < 1.29 is 4.79 Å². The van der Waals surface area contributed by atoms with Gasteiger partial charge in [0.25, 0.3) is 0 Å². The molecule has 3 nitrogen and oxygen atoms in total. The average molecular weight is 354 g/mol. The monoisotopic (exact) mass is 352 g/mol. The second kappa shape index (κ2) is 7.48. The Labute approximate surface area is 126 Å². The fraction of sp³-hybridized carbons (Fsp3) is 0.583. The molecule has 1 fully saturated rings. The van der Waals surface area contributed by atoms with Crippen LogP contribution < -0.4 is 10.6 Å². The second-order valence-corrected chi connectivity index (χ2v) is 6.91. The first-order valence-corrected chi connectivity index (χ1v) is 7.54. The Kier molecular flexibility index (Phi) is 6.63. The molecule has 102 valence electrons. The number of thiophene rings is 1. The highest BCUT2D eigenvalue weighted by Crippen LogP contribution is 2.28. The van der Waals surface area contributed by atoms with Crippen molar-refractivity contribution in [1.29, 1.82) is 0 Å². The van der Waals surface area contributed by atoms with Crippen LogP contribution in [-0.4, -0.2) is 25.0 Å². The first kappa shape index (κ1) is 16.0. The van der Waals surface area contributed by atoms with Gasteiger partial charge in [-0.2, -0.15) is 0 Å². The molecule has 1 saturated heterocycles. The molecule has 6 heteroatoms. The molecule has 1 amide bonds. The van der Waals surface area contributed by atoms with Crippen LogP contribution >= 0.6 is 39.7 Å². The van der Waals surface area contributed by atoms with Crippen molar-refractivity contribution in [3.8, 4) is 0 Å². The minimum Gasteiger partial charge on any atom is -0.352 e. The predicted octanol–water partition coefficient (Wildman–Crippen LogP) is 2.90. The van der Waals surface area contributed by atoms with E-state index in [1.807, 2.05) is 19.1 Å². The molecule has 0 saturated carbocycles.